The molecule has 0 aromatic carbocycles. The first kappa shape index (κ1) is 16.3. The molecular weight excluding hydrogens is 350 g/mol. The van der Waals surface area contributed by atoms with Crippen molar-refractivity contribution < 1.29 is 9.53 Å². The van der Waals surface area contributed by atoms with Crippen molar-refractivity contribution in [1.82, 2.24) is 20.2 Å². The van der Waals surface area contributed by atoms with Crippen molar-refractivity contribution in [3.8, 4) is 23.0 Å². The molecule has 4 rings (SSSR count). The number of hydrogen-bond acceptors (Lipinski definition) is 7. The predicted octanol–water partition coefficient (Wildman–Crippen LogP) is 3.32. The Bertz CT molecular complexity index is 1010. The van der Waals surface area contributed by atoms with Gasteiger partial charge in [-0.25, -0.2) is 14.8 Å². The number of nitrogens with zero attached hydrogens (tertiary/aromatic N) is 3. The summed E-state index contributed by atoms with van der Waals surface area (Å²) in [7, 11) is 1.35. The second-order valence-electron chi connectivity index (χ2n) is 5.86. The number of esters is 1. The molecule has 3 heterocycles. The number of anilines is 2. The Hall–Kier alpha value is -3.18. The molecule has 1 aliphatic rings. The van der Waals surface area contributed by atoms with Gasteiger partial charge in [-0.1, -0.05) is 5.92 Å². The van der Waals surface area contributed by atoms with Gasteiger partial charge in [0, 0.05) is 23.9 Å². The lowest BCUT2D eigenvalue weighted by Gasteiger charge is -2.06. The molecule has 7 nitrogen and oxygen atoms in total. The van der Waals surface area contributed by atoms with Crippen LogP contribution in [0.3, 0.4) is 0 Å². The van der Waals surface area contributed by atoms with Crippen molar-refractivity contribution in [3.63, 3.8) is 0 Å². The monoisotopic (exact) mass is 365 g/mol. The summed E-state index contributed by atoms with van der Waals surface area (Å²) in [5.41, 5.74) is 1.65. The number of aromatic nitrogens is 4. The standard InChI is InChI=1S/C18H15N5O2S/c1-3-10-9-19-17(13-6-7-14(26-13)18(24)25-2)21-16(10)20-15-8-12(22-23-15)11-4-5-11/h1,6-9,11H,4-5H2,2H3,(H2,19,20,21,22,23). The van der Waals surface area contributed by atoms with Crippen molar-refractivity contribution in [1.29, 1.82) is 0 Å². The number of rotatable bonds is 5. The third-order valence-corrected chi connectivity index (χ3v) is 5.08. The smallest absolute Gasteiger partial charge is 0.348 e. The number of carbonyl (C=O) groups excluding carboxylic acids is 1. The van der Waals surface area contributed by atoms with E-state index in [1.807, 2.05) is 6.07 Å². The van der Waals surface area contributed by atoms with E-state index < -0.39 is 0 Å². The second kappa shape index (κ2) is 6.61. The number of aromatic amines is 1. The first-order chi connectivity index (χ1) is 12.7. The lowest BCUT2D eigenvalue weighted by atomic mass is 10.3. The van der Waals surface area contributed by atoms with Gasteiger partial charge in [-0.3, -0.25) is 5.10 Å². The Morgan fingerprint density at radius 3 is 3.04 bits per heavy atom. The van der Waals surface area contributed by atoms with Crippen LogP contribution in [0.4, 0.5) is 11.6 Å². The number of nitrogens with one attached hydrogen (secondary N) is 2. The van der Waals surface area contributed by atoms with E-state index in [0.717, 1.165) is 10.6 Å². The molecule has 1 fully saturated rings. The molecule has 8 heteroatoms. The molecule has 0 bridgehead atoms. The minimum Gasteiger partial charge on any atom is -0.465 e. The first-order valence-electron chi connectivity index (χ1n) is 8.02. The SMILES string of the molecule is C#Cc1cnc(-c2ccc(C(=O)OC)s2)nc1Nc1cc(C2CC2)[nH]n1. The maximum absolute atomic E-state index is 11.6. The maximum Gasteiger partial charge on any atom is 0.348 e. The molecule has 3 aromatic rings. The van der Waals surface area contributed by atoms with Gasteiger partial charge in [-0.15, -0.1) is 17.8 Å². The van der Waals surface area contributed by atoms with Crippen LogP contribution in [0.25, 0.3) is 10.7 Å². The normalized spacial score (nSPS) is 13.2. The van der Waals surface area contributed by atoms with Crippen LogP contribution in [0.2, 0.25) is 0 Å². The molecule has 0 amide bonds. The molecule has 130 valence electrons. The number of hydrogen-bond donors (Lipinski definition) is 2. The van der Waals surface area contributed by atoms with Crippen LogP contribution in [-0.4, -0.2) is 33.2 Å². The molecule has 0 radical (unpaired) electrons. The van der Waals surface area contributed by atoms with Crippen LogP contribution < -0.4 is 5.32 Å². The number of thiophene rings is 1. The summed E-state index contributed by atoms with van der Waals surface area (Å²) in [4.78, 5) is 21.7. The Morgan fingerprint density at radius 2 is 2.31 bits per heavy atom. The van der Waals surface area contributed by atoms with Crippen LogP contribution in [0.1, 0.15) is 39.7 Å². The summed E-state index contributed by atoms with van der Waals surface area (Å²) in [6.07, 6.45) is 9.52. The van der Waals surface area contributed by atoms with Gasteiger partial charge in [0.05, 0.1) is 17.6 Å². The molecule has 3 aromatic heterocycles. The van der Waals surface area contributed by atoms with E-state index in [-0.39, 0.29) is 5.97 Å². The minimum absolute atomic E-state index is 0.385. The third-order valence-electron chi connectivity index (χ3n) is 4.02. The fraction of sp³-hybridized carbons (Fsp3) is 0.222. The van der Waals surface area contributed by atoms with Gasteiger partial charge >= 0.3 is 5.97 Å². The third kappa shape index (κ3) is 3.17. The minimum atomic E-state index is -0.385. The summed E-state index contributed by atoms with van der Waals surface area (Å²) in [6.45, 7) is 0. The summed E-state index contributed by atoms with van der Waals surface area (Å²) in [5, 5.41) is 10.5. The second-order valence-corrected chi connectivity index (χ2v) is 6.95. The van der Waals surface area contributed by atoms with Crippen molar-refractivity contribution in [2.24, 2.45) is 0 Å². The highest BCUT2D eigenvalue weighted by Gasteiger charge is 2.25. The Kier molecular flexibility index (Phi) is 4.14. The van der Waals surface area contributed by atoms with E-state index in [1.54, 1.807) is 18.3 Å². The topological polar surface area (TPSA) is 92.8 Å². The number of H-pyrrole nitrogens is 1. The maximum atomic E-state index is 11.6. The van der Waals surface area contributed by atoms with Gasteiger partial charge in [0.15, 0.2) is 17.5 Å². The van der Waals surface area contributed by atoms with Crippen molar-refractivity contribution in [2.45, 2.75) is 18.8 Å². The highest BCUT2D eigenvalue weighted by molar-refractivity contribution is 7.17. The van der Waals surface area contributed by atoms with Gasteiger partial charge in [0.2, 0.25) is 0 Å². The molecule has 0 saturated heterocycles. The average molecular weight is 365 g/mol. The van der Waals surface area contributed by atoms with Gasteiger partial charge < -0.3 is 10.1 Å². The quantitative estimate of drug-likeness (QED) is 0.532. The largest absolute Gasteiger partial charge is 0.465 e. The van der Waals surface area contributed by atoms with Crippen LogP contribution in [-0.2, 0) is 4.74 Å². The number of methoxy groups -OCH3 is 1. The van der Waals surface area contributed by atoms with Crippen molar-refractivity contribution in [2.75, 3.05) is 12.4 Å². The highest BCUT2D eigenvalue weighted by atomic mass is 32.1. The fourth-order valence-electron chi connectivity index (χ4n) is 2.50. The number of terminal acetylenes is 1. The van der Waals surface area contributed by atoms with E-state index in [9.17, 15) is 4.79 Å². The average Bonchev–Trinajstić information content (AvgIpc) is 3.21. The molecule has 1 aliphatic carbocycles. The Morgan fingerprint density at radius 1 is 1.46 bits per heavy atom. The fourth-order valence-corrected chi connectivity index (χ4v) is 3.36. The van der Waals surface area contributed by atoms with Crippen molar-refractivity contribution in [3.05, 3.63) is 40.5 Å². The molecule has 1 saturated carbocycles. The zero-order valence-electron chi connectivity index (χ0n) is 13.9. The Labute approximate surface area is 153 Å². The van der Waals surface area contributed by atoms with E-state index in [2.05, 4.69) is 31.4 Å². The van der Waals surface area contributed by atoms with E-state index >= 15 is 0 Å². The summed E-state index contributed by atoms with van der Waals surface area (Å²) < 4.78 is 4.73. The van der Waals surface area contributed by atoms with E-state index in [1.165, 1.54) is 31.3 Å². The summed E-state index contributed by atoms with van der Waals surface area (Å²) >= 11 is 1.26. The van der Waals surface area contributed by atoms with Gasteiger partial charge in [0.25, 0.3) is 0 Å². The van der Waals surface area contributed by atoms with E-state index in [0.29, 0.717) is 33.8 Å². The highest BCUT2D eigenvalue weighted by Crippen LogP contribution is 2.39. The molecule has 26 heavy (non-hydrogen) atoms. The molecule has 0 atom stereocenters. The summed E-state index contributed by atoms with van der Waals surface area (Å²) in [5.74, 6) is 4.40. The predicted molar refractivity (Wildman–Crippen MR) is 98.5 cm³/mol. The van der Waals surface area contributed by atoms with Crippen LogP contribution in [0.5, 0.6) is 0 Å². The molecule has 0 spiro atoms. The van der Waals surface area contributed by atoms with Gasteiger partial charge in [0.1, 0.15) is 4.88 Å². The number of carbonyl (C=O) groups is 1. The zero-order valence-corrected chi connectivity index (χ0v) is 14.8. The molecule has 0 unspecified atom stereocenters. The number of ether oxygens (including phenoxy) is 1. The van der Waals surface area contributed by atoms with Crippen LogP contribution >= 0.6 is 11.3 Å². The molecule has 2 N–H and O–H groups in total. The zero-order chi connectivity index (χ0) is 18.1. The molecular formula is C18H15N5O2S. The lowest BCUT2D eigenvalue weighted by molar-refractivity contribution is 0.0606. The van der Waals surface area contributed by atoms with Crippen LogP contribution in [0.15, 0.2) is 24.4 Å². The lowest BCUT2D eigenvalue weighted by Crippen LogP contribution is -2.00. The summed E-state index contributed by atoms with van der Waals surface area (Å²) in [6, 6.07) is 5.44. The first-order valence-corrected chi connectivity index (χ1v) is 8.84. The van der Waals surface area contributed by atoms with Crippen molar-refractivity contribution >= 4 is 28.9 Å². The van der Waals surface area contributed by atoms with Gasteiger partial charge in [-0.05, 0) is 25.0 Å². The molecule has 0 aliphatic heterocycles. The van der Waals surface area contributed by atoms with E-state index in [4.69, 9.17) is 11.2 Å². The van der Waals surface area contributed by atoms with Crippen LogP contribution in [0, 0.1) is 12.3 Å². The Balaban J connectivity index is 1.63. The van der Waals surface area contributed by atoms with Gasteiger partial charge in [-0.2, -0.15) is 5.10 Å².